The van der Waals surface area contributed by atoms with Gasteiger partial charge in [-0.05, 0) is 36.4 Å². The molecule has 0 aliphatic carbocycles. The van der Waals surface area contributed by atoms with Crippen molar-refractivity contribution >= 4 is 35.8 Å². The van der Waals surface area contributed by atoms with Crippen molar-refractivity contribution in [3.63, 3.8) is 0 Å². The largest absolute Gasteiger partial charge is 0.422 e. The first-order valence-electron chi connectivity index (χ1n) is 8.47. The molecule has 0 aromatic heterocycles. The summed E-state index contributed by atoms with van der Waals surface area (Å²) in [6, 6.07) is 7.31. The van der Waals surface area contributed by atoms with Gasteiger partial charge in [0, 0.05) is 6.92 Å². The van der Waals surface area contributed by atoms with E-state index in [9.17, 15) is 28.8 Å². The number of fused-ring (bicyclic) bond motifs is 2. The van der Waals surface area contributed by atoms with E-state index in [1.807, 2.05) is 0 Å². The predicted molar refractivity (Wildman–Crippen MR) is 92.7 cm³/mol. The van der Waals surface area contributed by atoms with E-state index >= 15 is 0 Å². The van der Waals surface area contributed by atoms with Crippen LogP contribution >= 0.6 is 0 Å². The number of esters is 6. The van der Waals surface area contributed by atoms with Crippen LogP contribution in [0.15, 0.2) is 36.4 Å². The zero-order valence-corrected chi connectivity index (χ0v) is 15.1. The van der Waals surface area contributed by atoms with Gasteiger partial charge in [0.15, 0.2) is 0 Å². The van der Waals surface area contributed by atoms with Crippen molar-refractivity contribution in [1.29, 1.82) is 0 Å². The van der Waals surface area contributed by atoms with Crippen LogP contribution in [0, 0.1) is 0 Å². The van der Waals surface area contributed by atoms with Crippen molar-refractivity contribution in [1.82, 2.24) is 0 Å². The van der Waals surface area contributed by atoms with Gasteiger partial charge < -0.3 is 18.9 Å². The summed E-state index contributed by atoms with van der Waals surface area (Å²) in [4.78, 5) is 70.5. The van der Waals surface area contributed by atoms with E-state index in [2.05, 4.69) is 9.47 Å². The average molecular weight is 410 g/mol. The Kier molecular flexibility index (Phi) is 4.38. The lowest BCUT2D eigenvalue weighted by molar-refractivity contribution is -0.0692. The molecular weight excluding hydrogens is 400 g/mol. The topological polar surface area (TPSA) is 139 Å². The second kappa shape index (κ2) is 6.92. The molecule has 2 aromatic rings. The molecule has 0 saturated carbocycles. The van der Waals surface area contributed by atoms with E-state index < -0.39 is 42.1 Å². The lowest BCUT2D eigenvalue weighted by atomic mass is 10.1. The average Bonchev–Trinajstić information content (AvgIpc) is 3.16. The number of cyclic esters (lactones) is 4. The zero-order valence-electron chi connectivity index (χ0n) is 15.1. The smallest absolute Gasteiger partial charge is 0.346 e. The first-order valence-corrected chi connectivity index (χ1v) is 8.47. The summed E-state index contributed by atoms with van der Waals surface area (Å²) < 4.78 is 18.9. The Morgan fingerprint density at radius 3 is 1.43 bits per heavy atom. The third-order valence-corrected chi connectivity index (χ3v) is 4.31. The normalized spacial score (nSPS) is 14.2. The van der Waals surface area contributed by atoms with Crippen LogP contribution in [0.4, 0.5) is 0 Å². The number of hydrogen-bond donors (Lipinski definition) is 0. The van der Waals surface area contributed by atoms with Crippen LogP contribution in [0.1, 0.15) is 69.1 Å². The van der Waals surface area contributed by atoms with Crippen LogP contribution in [-0.2, 0) is 18.9 Å². The lowest BCUT2D eigenvalue weighted by Gasteiger charge is -2.14. The summed E-state index contributed by atoms with van der Waals surface area (Å²) in [5.74, 6) is -5.19. The molecule has 0 spiro atoms. The molecule has 0 amide bonds. The second-order valence-corrected chi connectivity index (χ2v) is 6.25. The molecule has 150 valence electrons. The van der Waals surface area contributed by atoms with Crippen LogP contribution in [0.3, 0.4) is 0 Å². The summed E-state index contributed by atoms with van der Waals surface area (Å²) in [7, 11) is 0. The Hall–Kier alpha value is -4.34. The maximum absolute atomic E-state index is 12.2. The van der Waals surface area contributed by atoms with Crippen molar-refractivity contribution < 1.29 is 47.7 Å². The van der Waals surface area contributed by atoms with Crippen molar-refractivity contribution in [2.45, 2.75) is 13.2 Å². The quantitative estimate of drug-likeness (QED) is 0.316. The van der Waals surface area contributed by atoms with Crippen molar-refractivity contribution in [2.75, 3.05) is 0 Å². The molecule has 0 bridgehead atoms. The molecule has 2 aliphatic heterocycles. The highest BCUT2D eigenvalue weighted by molar-refractivity contribution is 6.16. The van der Waals surface area contributed by atoms with E-state index in [4.69, 9.17) is 9.47 Å². The molecule has 0 saturated heterocycles. The van der Waals surface area contributed by atoms with Crippen LogP contribution < -0.4 is 0 Å². The summed E-state index contributed by atoms with van der Waals surface area (Å²) in [6.45, 7) is 1.28. The van der Waals surface area contributed by atoms with E-state index in [0.29, 0.717) is 0 Å². The minimum Gasteiger partial charge on any atom is -0.422 e. The fraction of sp³-hybridized carbons (Fsp3) is 0.100. The molecule has 2 aromatic carbocycles. The van der Waals surface area contributed by atoms with Crippen LogP contribution in [0.5, 0.6) is 0 Å². The molecule has 0 unspecified atom stereocenters. The lowest BCUT2D eigenvalue weighted by Crippen LogP contribution is -2.22. The molecule has 4 rings (SSSR count). The fourth-order valence-electron chi connectivity index (χ4n) is 2.89. The van der Waals surface area contributed by atoms with Crippen LogP contribution in [0.2, 0.25) is 0 Å². The van der Waals surface area contributed by atoms with Crippen LogP contribution in [0.25, 0.3) is 0 Å². The summed E-state index contributed by atoms with van der Waals surface area (Å²) in [5.41, 5.74) is -0.184. The summed E-state index contributed by atoms with van der Waals surface area (Å²) in [5, 5.41) is 0. The molecule has 10 heteroatoms. The highest BCUT2D eigenvalue weighted by atomic mass is 16.7. The fourth-order valence-corrected chi connectivity index (χ4v) is 2.89. The minimum absolute atomic E-state index is 0.0321. The first kappa shape index (κ1) is 19.0. The Bertz CT molecular complexity index is 1080. The number of rotatable bonds is 4. The minimum atomic E-state index is -1.33. The summed E-state index contributed by atoms with van der Waals surface area (Å²) in [6.07, 6.45) is -1.33. The van der Waals surface area contributed by atoms with Gasteiger partial charge in [-0.2, -0.15) is 0 Å². The van der Waals surface area contributed by atoms with Gasteiger partial charge in [-0.3, -0.25) is 0 Å². The maximum atomic E-state index is 12.2. The Balaban J connectivity index is 1.43. The van der Waals surface area contributed by atoms with Gasteiger partial charge in [-0.1, -0.05) is 0 Å². The monoisotopic (exact) mass is 410 g/mol. The molecule has 0 radical (unpaired) electrons. The standard InChI is InChI=1S/C20H10O10/c1-8(27-15(21)9-2-4-11-13(6-9)19(25)29-17(11)23)28-16(22)10-3-5-12-14(7-10)20(26)30-18(12)24/h2-8H,1H3. The van der Waals surface area contributed by atoms with Gasteiger partial charge in [0.05, 0.1) is 33.4 Å². The van der Waals surface area contributed by atoms with Crippen molar-refractivity contribution in [3.05, 3.63) is 69.8 Å². The molecule has 2 heterocycles. The highest BCUT2D eigenvalue weighted by Crippen LogP contribution is 2.23. The van der Waals surface area contributed by atoms with E-state index in [1.165, 1.54) is 31.2 Å². The molecule has 0 fully saturated rings. The molecular formula is C20H10O10. The van der Waals surface area contributed by atoms with Crippen molar-refractivity contribution in [3.8, 4) is 0 Å². The third kappa shape index (κ3) is 3.20. The van der Waals surface area contributed by atoms with Gasteiger partial charge in [0.25, 0.3) is 0 Å². The van der Waals surface area contributed by atoms with Crippen LogP contribution in [-0.4, -0.2) is 42.1 Å². The van der Waals surface area contributed by atoms with Gasteiger partial charge in [0.2, 0.25) is 6.29 Å². The maximum Gasteiger partial charge on any atom is 0.346 e. The van der Waals surface area contributed by atoms with Gasteiger partial charge in [-0.15, -0.1) is 0 Å². The predicted octanol–water partition coefficient (Wildman–Crippen LogP) is 1.67. The highest BCUT2D eigenvalue weighted by Gasteiger charge is 2.32. The number of carbonyl (C=O) groups is 6. The Morgan fingerprint density at radius 1 is 0.667 bits per heavy atom. The SMILES string of the molecule is CC(OC(=O)c1ccc2c(c1)C(=O)OC2=O)OC(=O)c1ccc2c(c1)C(=O)OC2=O. The number of hydrogen-bond acceptors (Lipinski definition) is 10. The van der Waals surface area contributed by atoms with E-state index in [-0.39, 0.29) is 33.4 Å². The Morgan fingerprint density at radius 2 is 1.03 bits per heavy atom. The molecule has 2 aliphatic rings. The van der Waals surface area contributed by atoms with Gasteiger partial charge in [0.1, 0.15) is 0 Å². The zero-order chi connectivity index (χ0) is 21.6. The van der Waals surface area contributed by atoms with Crippen molar-refractivity contribution in [2.24, 2.45) is 0 Å². The molecule has 0 N–H and O–H groups in total. The first-order chi connectivity index (χ1) is 14.2. The molecule has 10 nitrogen and oxygen atoms in total. The van der Waals surface area contributed by atoms with Gasteiger partial charge >= 0.3 is 35.8 Å². The third-order valence-electron chi connectivity index (χ3n) is 4.31. The Labute approximate surface area is 167 Å². The number of benzene rings is 2. The summed E-state index contributed by atoms with van der Waals surface area (Å²) >= 11 is 0. The molecule has 0 atom stereocenters. The van der Waals surface area contributed by atoms with E-state index in [0.717, 1.165) is 12.1 Å². The number of ether oxygens (including phenoxy) is 4. The number of carbonyl (C=O) groups excluding carboxylic acids is 6. The molecule has 30 heavy (non-hydrogen) atoms. The van der Waals surface area contributed by atoms with E-state index in [1.54, 1.807) is 0 Å². The second-order valence-electron chi connectivity index (χ2n) is 6.25. The van der Waals surface area contributed by atoms with Gasteiger partial charge in [-0.25, -0.2) is 28.8 Å².